The smallest absolute Gasteiger partial charge is 0.360 e. The third-order valence-corrected chi connectivity index (χ3v) is 7.06. The number of nitrogens with one attached hydrogen (secondary N) is 2. The zero-order valence-electron chi connectivity index (χ0n) is 19.5. The molecule has 0 saturated heterocycles. The number of rotatable bonds is 8. The molecule has 0 bridgehead atoms. The van der Waals surface area contributed by atoms with Crippen LogP contribution in [-0.2, 0) is 12.6 Å². The van der Waals surface area contributed by atoms with Gasteiger partial charge in [-0.1, -0.05) is 35.6 Å². The molecule has 2 aromatic heterocycles. The minimum absolute atomic E-state index is 0.146. The second-order valence-electron chi connectivity index (χ2n) is 9.05. The maximum absolute atomic E-state index is 13.7. The van der Waals surface area contributed by atoms with Gasteiger partial charge in [0, 0.05) is 36.3 Å². The molecule has 5 rings (SSSR count). The van der Waals surface area contributed by atoms with Crippen molar-refractivity contribution in [2.24, 2.45) is 5.73 Å². The fourth-order valence-electron chi connectivity index (χ4n) is 3.91. The van der Waals surface area contributed by atoms with Crippen molar-refractivity contribution in [1.82, 2.24) is 15.3 Å². The molecule has 1 amide bonds. The van der Waals surface area contributed by atoms with Crippen molar-refractivity contribution in [3.8, 4) is 10.4 Å². The molecule has 1 atom stereocenters. The van der Waals surface area contributed by atoms with Gasteiger partial charge in [-0.05, 0) is 54.0 Å². The van der Waals surface area contributed by atoms with Gasteiger partial charge in [0.25, 0.3) is 5.91 Å². The van der Waals surface area contributed by atoms with Gasteiger partial charge in [0.2, 0.25) is 5.95 Å². The quantitative estimate of drug-likeness (QED) is 0.210. The average molecular weight is 530 g/mol. The highest BCUT2D eigenvalue weighted by atomic mass is 32.1. The lowest BCUT2D eigenvalue weighted by Crippen LogP contribution is -2.31. The molecule has 6 nitrogen and oxygen atoms in total. The summed E-state index contributed by atoms with van der Waals surface area (Å²) in [7, 11) is 0. The number of anilines is 1. The number of aromatic nitrogens is 2. The van der Waals surface area contributed by atoms with Crippen LogP contribution in [0.5, 0.6) is 0 Å². The van der Waals surface area contributed by atoms with E-state index >= 15 is 0 Å². The van der Waals surface area contributed by atoms with E-state index in [1.165, 1.54) is 35.7 Å². The summed E-state index contributed by atoms with van der Waals surface area (Å²) in [4.78, 5) is 21.7. The van der Waals surface area contributed by atoms with Gasteiger partial charge in [0.15, 0.2) is 5.13 Å². The Morgan fingerprint density at radius 2 is 1.86 bits per heavy atom. The lowest BCUT2D eigenvalue weighted by molar-refractivity contribution is -0.137. The third kappa shape index (κ3) is 6.05. The first kappa shape index (κ1) is 25.1. The third-order valence-electron chi connectivity index (χ3n) is 6.00. The number of nitrogens with two attached hydrogens (primary N) is 1. The molecule has 4 N–H and O–H groups in total. The highest BCUT2D eigenvalue weighted by Crippen LogP contribution is 2.35. The van der Waals surface area contributed by atoms with Crippen LogP contribution in [0.25, 0.3) is 21.2 Å². The SMILES string of the molecule is N[C@@H](CNc1nc(C(=O)NC2CC2)c(-c2ccc3cnc(F)cc3c2)s1)Cc1ccc(C(F)(F)F)cc1. The molecule has 2 aromatic carbocycles. The van der Waals surface area contributed by atoms with Gasteiger partial charge in [-0.3, -0.25) is 4.79 Å². The first-order valence-corrected chi connectivity index (χ1v) is 12.5. The first-order valence-electron chi connectivity index (χ1n) is 11.7. The van der Waals surface area contributed by atoms with Crippen LogP contribution in [0.1, 0.15) is 34.5 Å². The van der Waals surface area contributed by atoms with Gasteiger partial charge in [0.05, 0.1) is 10.4 Å². The summed E-state index contributed by atoms with van der Waals surface area (Å²) in [6.45, 7) is 0.298. The van der Waals surface area contributed by atoms with Crippen LogP contribution in [0.4, 0.5) is 22.7 Å². The van der Waals surface area contributed by atoms with Crippen molar-refractivity contribution in [1.29, 1.82) is 0 Å². The Morgan fingerprint density at radius 1 is 1.11 bits per heavy atom. The Morgan fingerprint density at radius 3 is 2.57 bits per heavy atom. The molecule has 37 heavy (non-hydrogen) atoms. The van der Waals surface area contributed by atoms with Gasteiger partial charge in [-0.15, -0.1) is 0 Å². The van der Waals surface area contributed by atoms with Crippen molar-refractivity contribution in [3.05, 3.63) is 77.5 Å². The number of amides is 1. The van der Waals surface area contributed by atoms with Crippen LogP contribution in [0.15, 0.2) is 54.7 Å². The molecular formula is C26H23F4N5OS. The number of carbonyl (C=O) groups is 1. The van der Waals surface area contributed by atoms with E-state index in [1.54, 1.807) is 6.07 Å². The number of fused-ring (bicyclic) bond motifs is 1. The molecule has 11 heteroatoms. The molecule has 0 aliphatic heterocycles. The number of hydrogen-bond acceptors (Lipinski definition) is 6. The predicted octanol–water partition coefficient (Wildman–Crippen LogP) is 5.39. The molecule has 0 radical (unpaired) electrons. The fraction of sp³-hybridized carbons (Fsp3) is 0.269. The van der Waals surface area contributed by atoms with E-state index in [0.29, 0.717) is 33.9 Å². The van der Waals surface area contributed by atoms with Crippen molar-refractivity contribution in [2.45, 2.75) is 37.5 Å². The van der Waals surface area contributed by atoms with Crippen LogP contribution in [0, 0.1) is 5.95 Å². The molecule has 4 aromatic rings. The first-order chi connectivity index (χ1) is 17.7. The molecule has 1 fully saturated rings. The Balaban J connectivity index is 1.33. The molecule has 1 saturated carbocycles. The average Bonchev–Trinajstić information content (AvgIpc) is 3.56. The maximum Gasteiger partial charge on any atom is 0.416 e. The summed E-state index contributed by atoms with van der Waals surface area (Å²) in [5.74, 6) is -0.873. The minimum Gasteiger partial charge on any atom is -0.360 e. The largest absolute Gasteiger partial charge is 0.416 e. The number of nitrogens with zero attached hydrogens (tertiary/aromatic N) is 2. The summed E-state index contributed by atoms with van der Waals surface area (Å²) < 4.78 is 52.0. The number of thiazole rings is 1. The number of pyridine rings is 1. The Bertz CT molecular complexity index is 1430. The van der Waals surface area contributed by atoms with Crippen LogP contribution in [-0.4, -0.2) is 34.5 Å². The lowest BCUT2D eigenvalue weighted by Gasteiger charge is -2.13. The molecular weight excluding hydrogens is 506 g/mol. The number of alkyl halides is 3. The summed E-state index contributed by atoms with van der Waals surface area (Å²) in [5.41, 5.74) is 7.18. The van der Waals surface area contributed by atoms with Crippen molar-refractivity contribution in [3.63, 3.8) is 0 Å². The number of carbonyl (C=O) groups excluding carboxylic acids is 1. The van der Waals surface area contributed by atoms with Gasteiger partial charge < -0.3 is 16.4 Å². The van der Waals surface area contributed by atoms with Crippen LogP contribution in [0.3, 0.4) is 0 Å². The van der Waals surface area contributed by atoms with Gasteiger partial charge in [-0.25, -0.2) is 9.97 Å². The van der Waals surface area contributed by atoms with Crippen LogP contribution in [0.2, 0.25) is 0 Å². The van der Waals surface area contributed by atoms with Crippen molar-refractivity contribution >= 4 is 33.1 Å². The van der Waals surface area contributed by atoms with Crippen LogP contribution < -0.4 is 16.4 Å². The second-order valence-corrected chi connectivity index (χ2v) is 10.1. The van der Waals surface area contributed by atoms with Gasteiger partial charge >= 0.3 is 6.18 Å². The van der Waals surface area contributed by atoms with E-state index in [0.717, 1.165) is 35.9 Å². The lowest BCUT2D eigenvalue weighted by atomic mass is 10.0. The normalized spacial score (nSPS) is 14.5. The molecule has 0 unspecified atom stereocenters. The van der Waals surface area contributed by atoms with E-state index in [4.69, 9.17) is 5.73 Å². The highest BCUT2D eigenvalue weighted by Gasteiger charge is 2.30. The fourth-order valence-corrected chi connectivity index (χ4v) is 4.87. The van der Waals surface area contributed by atoms with Crippen molar-refractivity contribution < 1.29 is 22.4 Å². The molecule has 0 spiro atoms. The zero-order valence-corrected chi connectivity index (χ0v) is 20.3. The van der Waals surface area contributed by atoms with E-state index in [-0.39, 0.29) is 17.6 Å². The summed E-state index contributed by atoms with van der Waals surface area (Å²) in [5, 5.41) is 8.02. The Kier molecular flexibility index (Phi) is 6.82. The van der Waals surface area contributed by atoms with Crippen LogP contribution >= 0.6 is 11.3 Å². The topological polar surface area (TPSA) is 92.9 Å². The predicted molar refractivity (Wildman–Crippen MR) is 135 cm³/mol. The number of halogens is 4. The Labute approximate surface area is 213 Å². The van der Waals surface area contributed by atoms with E-state index in [9.17, 15) is 22.4 Å². The number of benzene rings is 2. The molecule has 2 heterocycles. The summed E-state index contributed by atoms with van der Waals surface area (Å²) in [6.07, 6.45) is -0.714. The summed E-state index contributed by atoms with van der Waals surface area (Å²) >= 11 is 1.28. The van der Waals surface area contributed by atoms with E-state index in [1.807, 2.05) is 12.1 Å². The minimum atomic E-state index is -4.38. The molecule has 192 valence electrons. The monoisotopic (exact) mass is 529 g/mol. The molecule has 1 aliphatic carbocycles. The van der Waals surface area contributed by atoms with Gasteiger partial charge in [-0.2, -0.15) is 17.6 Å². The van der Waals surface area contributed by atoms with E-state index in [2.05, 4.69) is 20.6 Å². The highest BCUT2D eigenvalue weighted by molar-refractivity contribution is 7.19. The second kappa shape index (κ2) is 10.1. The van der Waals surface area contributed by atoms with Crippen molar-refractivity contribution in [2.75, 3.05) is 11.9 Å². The van der Waals surface area contributed by atoms with Gasteiger partial charge in [0.1, 0.15) is 5.69 Å². The molecule has 1 aliphatic rings. The summed E-state index contributed by atoms with van der Waals surface area (Å²) in [6, 6.07) is 11.4. The van der Waals surface area contributed by atoms with E-state index < -0.39 is 23.7 Å². The standard InChI is InChI=1S/C26H23F4N5OS/c27-21-11-17-10-15(3-4-16(17)12-32-21)23-22(24(36)34-20-7-8-20)35-25(37-23)33-13-19(31)9-14-1-5-18(6-2-14)26(28,29)30/h1-6,10-12,19-20H,7-9,13,31H2,(H,33,35)(H,34,36)/t19-/m1/s1. The Hall–Kier alpha value is -3.57. The maximum atomic E-state index is 13.7. The zero-order chi connectivity index (χ0) is 26.2. The number of hydrogen-bond donors (Lipinski definition) is 3.